The quantitative estimate of drug-likeness (QED) is 0.507. The molecule has 0 heterocycles. The first kappa shape index (κ1) is 17.7. The third-order valence-corrected chi connectivity index (χ3v) is 3.28. The van der Waals surface area contributed by atoms with Crippen molar-refractivity contribution in [2.75, 3.05) is 0 Å². The number of unbranched alkanes of at least 4 members (excludes halogenated alkanes) is 1. The third-order valence-electron chi connectivity index (χ3n) is 3.28. The zero-order valence-electron chi connectivity index (χ0n) is 13.1. The van der Waals surface area contributed by atoms with E-state index >= 15 is 0 Å². The van der Waals surface area contributed by atoms with E-state index in [9.17, 15) is 4.79 Å². The predicted octanol–water partition coefficient (Wildman–Crippen LogP) is 4.53. The lowest BCUT2D eigenvalue weighted by Crippen LogP contribution is -2.15. The van der Waals surface area contributed by atoms with Gasteiger partial charge in [-0.15, -0.1) is 0 Å². The Morgan fingerprint density at radius 2 is 1.89 bits per heavy atom. The minimum Gasteiger partial charge on any atom is -0.366 e. The highest BCUT2D eigenvalue weighted by Gasteiger charge is 2.10. The molecule has 0 bridgehead atoms. The Hall–Kier alpha value is -1.31. The van der Waals surface area contributed by atoms with Crippen molar-refractivity contribution in [1.29, 1.82) is 0 Å². The second-order valence-corrected chi connectivity index (χ2v) is 5.12. The molecule has 0 aliphatic rings. The highest BCUT2D eigenvalue weighted by molar-refractivity contribution is 5.97. The van der Waals surface area contributed by atoms with Gasteiger partial charge in [0.15, 0.2) is 0 Å². The summed E-state index contributed by atoms with van der Waals surface area (Å²) in [7, 11) is 0. The van der Waals surface area contributed by atoms with Gasteiger partial charge in [-0.1, -0.05) is 64.3 Å². The van der Waals surface area contributed by atoms with Gasteiger partial charge in [0.05, 0.1) is 0 Å². The van der Waals surface area contributed by atoms with Crippen molar-refractivity contribution in [2.24, 2.45) is 11.7 Å². The average molecular weight is 263 g/mol. The Labute approximate surface area is 118 Å². The normalized spacial score (nSPS) is 15.5. The van der Waals surface area contributed by atoms with Gasteiger partial charge >= 0.3 is 0 Å². The average Bonchev–Trinajstić information content (AvgIpc) is 2.38. The summed E-state index contributed by atoms with van der Waals surface area (Å²) in [6.07, 6.45) is 10.2. The fourth-order valence-corrected chi connectivity index (χ4v) is 1.66. The molecule has 0 spiro atoms. The van der Waals surface area contributed by atoms with Crippen molar-refractivity contribution in [3.8, 4) is 0 Å². The summed E-state index contributed by atoms with van der Waals surface area (Å²) in [6.45, 7) is 10.6. The standard InChI is InChI=1S/C17H29NO/c1-6-9-10-16(17(18)19)15(11-13(4)7-2)12-14(5)8-3/h10-13H,6-9H2,1-5H3,(H2,18,19)/b14-12+,15-11?,16-10+. The Morgan fingerprint density at radius 3 is 2.32 bits per heavy atom. The number of primary amides is 1. The first-order chi connectivity index (χ1) is 8.96. The van der Waals surface area contributed by atoms with Crippen LogP contribution in [0.15, 0.2) is 34.9 Å². The maximum Gasteiger partial charge on any atom is 0.248 e. The molecule has 0 aliphatic carbocycles. The minimum atomic E-state index is -0.330. The number of amides is 1. The van der Waals surface area contributed by atoms with Crippen LogP contribution in [0.1, 0.15) is 60.3 Å². The van der Waals surface area contributed by atoms with E-state index in [-0.39, 0.29) is 5.91 Å². The van der Waals surface area contributed by atoms with Crippen molar-refractivity contribution < 1.29 is 4.79 Å². The Bertz CT molecular complexity index is 375. The molecule has 1 amide bonds. The highest BCUT2D eigenvalue weighted by atomic mass is 16.1. The number of nitrogens with two attached hydrogens (primary N) is 1. The molecule has 0 aromatic heterocycles. The van der Waals surface area contributed by atoms with Gasteiger partial charge in [-0.3, -0.25) is 4.79 Å². The second kappa shape index (κ2) is 9.60. The van der Waals surface area contributed by atoms with Crippen molar-refractivity contribution in [2.45, 2.75) is 60.3 Å². The summed E-state index contributed by atoms with van der Waals surface area (Å²) in [6, 6.07) is 0. The summed E-state index contributed by atoms with van der Waals surface area (Å²) in [5.74, 6) is 0.114. The molecule has 0 aromatic rings. The molecule has 2 nitrogen and oxygen atoms in total. The predicted molar refractivity (Wildman–Crippen MR) is 83.8 cm³/mol. The van der Waals surface area contributed by atoms with Gasteiger partial charge < -0.3 is 5.73 Å². The molecule has 1 unspecified atom stereocenters. The van der Waals surface area contributed by atoms with Crippen LogP contribution in [-0.4, -0.2) is 5.91 Å². The molecule has 108 valence electrons. The third kappa shape index (κ3) is 7.00. The van der Waals surface area contributed by atoms with E-state index in [0.717, 1.165) is 31.3 Å². The van der Waals surface area contributed by atoms with Crippen LogP contribution >= 0.6 is 0 Å². The van der Waals surface area contributed by atoms with E-state index in [1.807, 2.05) is 6.08 Å². The number of hydrogen-bond acceptors (Lipinski definition) is 1. The maximum absolute atomic E-state index is 11.7. The first-order valence-corrected chi connectivity index (χ1v) is 7.35. The van der Waals surface area contributed by atoms with E-state index in [1.54, 1.807) is 0 Å². The molecule has 0 aromatic carbocycles. The summed E-state index contributed by atoms with van der Waals surface area (Å²) in [4.78, 5) is 11.7. The Kier molecular flexibility index (Phi) is 8.94. The molecule has 0 radical (unpaired) electrons. The molecule has 0 saturated carbocycles. The van der Waals surface area contributed by atoms with Gasteiger partial charge in [0.1, 0.15) is 0 Å². The minimum absolute atomic E-state index is 0.330. The molecule has 0 fully saturated rings. The van der Waals surface area contributed by atoms with Crippen LogP contribution in [-0.2, 0) is 4.79 Å². The topological polar surface area (TPSA) is 43.1 Å². The summed E-state index contributed by atoms with van der Waals surface area (Å²) >= 11 is 0. The molecule has 19 heavy (non-hydrogen) atoms. The fraction of sp³-hybridized carbons (Fsp3) is 0.588. The molecule has 2 heteroatoms. The van der Waals surface area contributed by atoms with Gasteiger partial charge in [0.25, 0.3) is 0 Å². The number of allylic oxidation sites excluding steroid dienone is 4. The molecule has 2 N–H and O–H groups in total. The van der Waals surface area contributed by atoms with Crippen molar-refractivity contribution in [1.82, 2.24) is 0 Å². The van der Waals surface area contributed by atoms with Gasteiger partial charge in [-0.25, -0.2) is 0 Å². The smallest absolute Gasteiger partial charge is 0.248 e. The van der Waals surface area contributed by atoms with Crippen LogP contribution in [0.25, 0.3) is 0 Å². The van der Waals surface area contributed by atoms with Gasteiger partial charge in [0.2, 0.25) is 5.91 Å². The number of hydrogen-bond donors (Lipinski definition) is 1. The van der Waals surface area contributed by atoms with E-state index in [1.165, 1.54) is 5.57 Å². The molecular formula is C17H29NO. The lowest BCUT2D eigenvalue weighted by Gasteiger charge is -2.10. The monoisotopic (exact) mass is 263 g/mol. The Balaban J connectivity index is 5.53. The van der Waals surface area contributed by atoms with Crippen LogP contribution in [0.5, 0.6) is 0 Å². The van der Waals surface area contributed by atoms with Gasteiger partial charge in [-0.2, -0.15) is 0 Å². The molecule has 0 saturated heterocycles. The van der Waals surface area contributed by atoms with Gasteiger partial charge in [0, 0.05) is 5.57 Å². The van der Waals surface area contributed by atoms with Crippen molar-refractivity contribution in [3.05, 3.63) is 34.9 Å². The summed E-state index contributed by atoms with van der Waals surface area (Å²) in [5, 5.41) is 0. The van der Waals surface area contributed by atoms with E-state index in [4.69, 9.17) is 5.73 Å². The fourth-order valence-electron chi connectivity index (χ4n) is 1.66. The first-order valence-electron chi connectivity index (χ1n) is 7.35. The maximum atomic E-state index is 11.7. The number of carbonyl (C=O) groups excluding carboxylic acids is 1. The van der Waals surface area contributed by atoms with Crippen LogP contribution in [0.2, 0.25) is 0 Å². The molecule has 1 atom stereocenters. The number of carbonyl (C=O) groups is 1. The SMILES string of the molecule is CCC/C=C(/C(N)=O)C(=CC(C)CC)/C=C(\C)CC. The van der Waals surface area contributed by atoms with Gasteiger partial charge in [-0.05, 0) is 31.3 Å². The van der Waals surface area contributed by atoms with E-state index in [0.29, 0.717) is 11.5 Å². The number of rotatable bonds is 8. The van der Waals surface area contributed by atoms with Crippen molar-refractivity contribution >= 4 is 5.91 Å². The molecule has 0 aliphatic heterocycles. The zero-order valence-corrected chi connectivity index (χ0v) is 13.1. The highest BCUT2D eigenvalue weighted by Crippen LogP contribution is 2.19. The van der Waals surface area contributed by atoms with E-state index in [2.05, 4.69) is 46.8 Å². The summed E-state index contributed by atoms with van der Waals surface area (Å²) < 4.78 is 0. The second-order valence-electron chi connectivity index (χ2n) is 5.12. The van der Waals surface area contributed by atoms with E-state index < -0.39 is 0 Å². The largest absolute Gasteiger partial charge is 0.366 e. The molecular weight excluding hydrogens is 234 g/mol. The zero-order chi connectivity index (χ0) is 14.8. The lowest BCUT2D eigenvalue weighted by molar-refractivity contribution is -0.114. The van der Waals surface area contributed by atoms with Crippen LogP contribution in [0.4, 0.5) is 0 Å². The molecule has 0 rings (SSSR count). The van der Waals surface area contributed by atoms with Crippen LogP contribution in [0, 0.1) is 5.92 Å². The Morgan fingerprint density at radius 1 is 1.26 bits per heavy atom. The van der Waals surface area contributed by atoms with Crippen LogP contribution in [0.3, 0.4) is 0 Å². The lowest BCUT2D eigenvalue weighted by atomic mass is 9.95. The summed E-state index contributed by atoms with van der Waals surface area (Å²) in [5.41, 5.74) is 8.44. The van der Waals surface area contributed by atoms with Crippen LogP contribution < -0.4 is 5.73 Å². The van der Waals surface area contributed by atoms with Crippen molar-refractivity contribution in [3.63, 3.8) is 0 Å².